The third-order valence-corrected chi connectivity index (χ3v) is 4.62. The van der Waals surface area contributed by atoms with Crippen LogP contribution in [0.2, 0.25) is 0 Å². The molecule has 2 fully saturated rings. The van der Waals surface area contributed by atoms with E-state index >= 15 is 0 Å². The predicted molar refractivity (Wildman–Crippen MR) is 66.0 cm³/mol. The van der Waals surface area contributed by atoms with Gasteiger partial charge in [0, 0.05) is 19.6 Å². The summed E-state index contributed by atoms with van der Waals surface area (Å²) in [6.45, 7) is 2.00. The molecular weight excluding hydrogens is 230 g/mol. The average molecular weight is 251 g/mol. The minimum Gasteiger partial charge on any atom is -0.381 e. The number of hydrogen-bond donors (Lipinski definition) is 1. The van der Waals surface area contributed by atoms with Crippen LogP contribution in [-0.2, 0) is 11.2 Å². The summed E-state index contributed by atoms with van der Waals surface area (Å²) in [6, 6.07) is 0.205. The van der Waals surface area contributed by atoms with Gasteiger partial charge in [-0.3, -0.25) is 0 Å². The molecule has 2 N–H and O–H groups in total. The van der Waals surface area contributed by atoms with Crippen LogP contribution in [0.5, 0.6) is 0 Å². The molecule has 2 aliphatic rings. The van der Waals surface area contributed by atoms with E-state index in [9.17, 15) is 0 Å². The van der Waals surface area contributed by atoms with Crippen molar-refractivity contribution in [2.24, 2.45) is 17.6 Å². The predicted octanol–water partition coefficient (Wildman–Crippen LogP) is 1.49. The first-order valence-corrected chi connectivity index (χ1v) is 6.80. The monoisotopic (exact) mass is 251 g/mol. The molecule has 2 aliphatic carbocycles. The Balaban J connectivity index is 1.73. The lowest BCUT2D eigenvalue weighted by Gasteiger charge is -2.24. The summed E-state index contributed by atoms with van der Waals surface area (Å²) >= 11 is 0. The fourth-order valence-corrected chi connectivity index (χ4v) is 3.53. The van der Waals surface area contributed by atoms with E-state index in [4.69, 9.17) is 15.0 Å². The third-order valence-electron chi connectivity index (χ3n) is 4.62. The lowest BCUT2D eigenvalue weighted by molar-refractivity contribution is 0.116. The second kappa shape index (κ2) is 4.63. The van der Waals surface area contributed by atoms with Crippen LogP contribution >= 0.6 is 0 Å². The number of rotatable bonds is 4. The zero-order chi connectivity index (χ0) is 12.7. The van der Waals surface area contributed by atoms with Gasteiger partial charge in [-0.15, -0.1) is 0 Å². The van der Waals surface area contributed by atoms with E-state index in [1.54, 1.807) is 7.11 Å². The summed E-state index contributed by atoms with van der Waals surface area (Å²) in [5, 5.41) is 4.05. The normalized spacial score (nSPS) is 36.2. The van der Waals surface area contributed by atoms with Gasteiger partial charge in [0.2, 0.25) is 5.89 Å². The Hall–Kier alpha value is -0.940. The van der Waals surface area contributed by atoms with Gasteiger partial charge in [0.1, 0.15) is 0 Å². The van der Waals surface area contributed by atoms with Crippen molar-refractivity contribution >= 4 is 0 Å². The van der Waals surface area contributed by atoms with Crippen LogP contribution < -0.4 is 5.73 Å². The van der Waals surface area contributed by atoms with Crippen molar-refractivity contribution in [3.8, 4) is 0 Å². The number of fused-ring (bicyclic) bond motifs is 2. The number of hydrogen-bond acceptors (Lipinski definition) is 5. The molecule has 0 aromatic carbocycles. The number of nitrogens with two attached hydrogens (primary N) is 1. The van der Waals surface area contributed by atoms with Crippen LogP contribution in [0.4, 0.5) is 0 Å². The molecule has 0 spiro atoms. The molecule has 0 amide bonds. The van der Waals surface area contributed by atoms with Gasteiger partial charge >= 0.3 is 0 Å². The fourth-order valence-electron chi connectivity index (χ4n) is 3.53. The molecule has 2 saturated carbocycles. The minimum atomic E-state index is 0.115. The van der Waals surface area contributed by atoms with Crippen LogP contribution in [0, 0.1) is 11.8 Å². The quantitative estimate of drug-likeness (QED) is 0.877. The Morgan fingerprint density at radius 1 is 1.44 bits per heavy atom. The molecule has 18 heavy (non-hydrogen) atoms. The summed E-state index contributed by atoms with van der Waals surface area (Å²) in [5.74, 6) is 3.07. The van der Waals surface area contributed by atoms with Crippen LogP contribution in [-0.4, -0.2) is 29.4 Å². The fraction of sp³-hybridized carbons (Fsp3) is 0.846. The highest BCUT2D eigenvalue weighted by atomic mass is 16.5. The van der Waals surface area contributed by atoms with Crippen molar-refractivity contribution in [2.75, 3.05) is 7.11 Å². The molecule has 1 aromatic heterocycles. The SMILES string of the molecule is COC(C)Cc1noc(C2C3CCC(C3)C2N)n1. The molecule has 0 radical (unpaired) electrons. The first kappa shape index (κ1) is 12.1. The molecule has 1 aromatic rings. The van der Waals surface area contributed by atoms with Crippen molar-refractivity contribution < 1.29 is 9.26 Å². The van der Waals surface area contributed by atoms with Crippen LogP contribution in [0.3, 0.4) is 0 Å². The molecule has 0 saturated heterocycles. The highest BCUT2D eigenvalue weighted by Gasteiger charge is 2.48. The number of nitrogens with zero attached hydrogens (tertiary/aromatic N) is 2. The third kappa shape index (κ3) is 1.95. The second-order valence-corrected chi connectivity index (χ2v) is 5.74. The average Bonchev–Trinajstić information content (AvgIpc) is 3.04. The van der Waals surface area contributed by atoms with E-state index in [-0.39, 0.29) is 18.1 Å². The van der Waals surface area contributed by atoms with E-state index in [2.05, 4.69) is 10.1 Å². The van der Waals surface area contributed by atoms with Crippen molar-refractivity contribution in [3.63, 3.8) is 0 Å². The largest absolute Gasteiger partial charge is 0.381 e. The van der Waals surface area contributed by atoms with Crippen molar-refractivity contribution in [1.82, 2.24) is 10.1 Å². The molecule has 2 bridgehead atoms. The highest BCUT2D eigenvalue weighted by molar-refractivity contribution is 5.11. The molecule has 100 valence electrons. The van der Waals surface area contributed by atoms with Crippen LogP contribution in [0.1, 0.15) is 43.8 Å². The maximum atomic E-state index is 6.28. The summed E-state index contributed by atoms with van der Waals surface area (Å²) in [5.41, 5.74) is 6.28. The standard InChI is InChI=1S/C13H21N3O2/c1-7(17-2)5-10-15-13(18-16-10)11-8-3-4-9(6-8)12(11)14/h7-9,11-12H,3-6,14H2,1-2H3. The zero-order valence-corrected chi connectivity index (χ0v) is 11.0. The molecule has 3 rings (SSSR count). The van der Waals surface area contributed by atoms with E-state index in [0.717, 1.165) is 11.7 Å². The maximum Gasteiger partial charge on any atom is 0.231 e. The second-order valence-electron chi connectivity index (χ2n) is 5.74. The molecule has 1 heterocycles. The van der Waals surface area contributed by atoms with Gasteiger partial charge < -0.3 is 15.0 Å². The van der Waals surface area contributed by atoms with Gasteiger partial charge in [-0.25, -0.2) is 0 Å². The van der Waals surface area contributed by atoms with Gasteiger partial charge in [0.05, 0.1) is 12.0 Å². The van der Waals surface area contributed by atoms with Crippen LogP contribution in [0.25, 0.3) is 0 Å². The van der Waals surface area contributed by atoms with Crippen molar-refractivity contribution in [2.45, 2.75) is 50.7 Å². The van der Waals surface area contributed by atoms with Crippen molar-refractivity contribution in [3.05, 3.63) is 11.7 Å². The van der Waals surface area contributed by atoms with Crippen LogP contribution in [0.15, 0.2) is 4.52 Å². The zero-order valence-electron chi connectivity index (χ0n) is 11.0. The van der Waals surface area contributed by atoms with E-state index in [1.807, 2.05) is 6.92 Å². The molecule has 0 aliphatic heterocycles. The summed E-state index contributed by atoms with van der Waals surface area (Å²) in [7, 11) is 1.69. The highest BCUT2D eigenvalue weighted by Crippen LogP contribution is 2.51. The topological polar surface area (TPSA) is 74.2 Å². The molecular formula is C13H21N3O2. The first-order valence-electron chi connectivity index (χ1n) is 6.80. The molecule has 5 unspecified atom stereocenters. The summed E-state index contributed by atoms with van der Waals surface area (Å²) in [4.78, 5) is 4.51. The Labute approximate surface area is 107 Å². The smallest absolute Gasteiger partial charge is 0.231 e. The van der Waals surface area contributed by atoms with Gasteiger partial charge in [-0.05, 0) is 38.0 Å². The van der Waals surface area contributed by atoms with E-state index in [1.165, 1.54) is 19.3 Å². The van der Waals surface area contributed by atoms with Crippen molar-refractivity contribution in [1.29, 1.82) is 0 Å². The lowest BCUT2D eigenvalue weighted by atomic mass is 9.85. The lowest BCUT2D eigenvalue weighted by Crippen LogP contribution is -2.34. The number of methoxy groups -OCH3 is 1. The Kier molecular flexibility index (Phi) is 3.11. The number of ether oxygens (including phenoxy) is 1. The van der Waals surface area contributed by atoms with Gasteiger partial charge in [0.25, 0.3) is 0 Å². The molecule has 5 heteroatoms. The van der Waals surface area contributed by atoms with Gasteiger partial charge in [0.15, 0.2) is 5.82 Å². The number of aromatic nitrogens is 2. The molecule has 5 nitrogen and oxygen atoms in total. The van der Waals surface area contributed by atoms with Gasteiger partial charge in [-0.2, -0.15) is 4.98 Å². The summed E-state index contributed by atoms with van der Waals surface area (Å²) < 4.78 is 10.6. The van der Waals surface area contributed by atoms with Gasteiger partial charge in [-0.1, -0.05) is 5.16 Å². The molecule has 5 atom stereocenters. The first-order chi connectivity index (χ1) is 8.69. The summed E-state index contributed by atoms with van der Waals surface area (Å²) in [6.07, 6.45) is 4.57. The Bertz CT molecular complexity index is 418. The van der Waals surface area contributed by atoms with E-state index < -0.39 is 0 Å². The minimum absolute atomic E-state index is 0.115. The Morgan fingerprint density at radius 2 is 2.22 bits per heavy atom. The maximum absolute atomic E-state index is 6.28. The Morgan fingerprint density at radius 3 is 2.89 bits per heavy atom. The van der Waals surface area contributed by atoms with E-state index in [0.29, 0.717) is 18.3 Å².